The van der Waals surface area contributed by atoms with Gasteiger partial charge >= 0.3 is 0 Å². The van der Waals surface area contributed by atoms with Gasteiger partial charge in [0, 0.05) is 29.4 Å². The fourth-order valence-corrected chi connectivity index (χ4v) is 2.27. The number of aryl methyl sites for hydroxylation is 1. The Morgan fingerprint density at radius 1 is 1.56 bits per heavy atom. The molecule has 4 nitrogen and oxygen atoms in total. The molecule has 0 aliphatic carbocycles. The number of halogens is 1. The Morgan fingerprint density at radius 3 is 2.78 bits per heavy atom. The molecule has 1 amide bonds. The molecule has 0 radical (unpaired) electrons. The summed E-state index contributed by atoms with van der Waals surface area (Å²) in [5, 5.41) is 11.9. The van der Waals surface area contributed by atoms with E-state index >= 15 is 0 Å². The van der Waals surface area contributed by atoms with Crippen molar-refractivity contribution in [3.05, 3.63) is 22.4 Å². The number of carbonyl (C=O) groups excluding carboxylic acids is 1. The number of nitrogens with zero attached hydrogens (tertiary/aromatic N) is 1. The van der Waals surface area contributed by atoms with Crippen LogP contribution in [0.2, 0.25) is 0 Å². The quantitative estimate of drug-likeness (QED) is 0.847. The third-order valence-electron chi connectivity index (χ3n) is 2.75. The zero-order valence-electron chi connectivity index (χ0n) is 11.2. The van der Waals surface area contributed by atoms with Crippen LogP contribution < -0.4 is 5.32 Å². The summed E-state index contributed by atoms with van der Waals surface area (Å²) < 4.78 is 2.84. The van der Waals surface area contributed by atoms with Crippen LogP contribution in [0.5, 0.6) is 0 Å². The molecule has 5 heteroatoms. The zero-order valence-corrected chi connectivity index (χ0v) is 12.7. The summed E-state index contributed by atoms with van der Waals surface area (Å²) in [6.07, 6.45) is 3.42. The third kappa shape index (κ3) is 4.14. The smallest absolute Gasteiger partial charge is 0.268 e. The van der Waals surface area contributed by atoms with Gasteiger partial charge in [-0.25, -0.2) is 0 Å². The number of amides is 1. The van der Waals surface area contributed by atoms with E-state index in [0.717, 1.165) is 17.4 Å². The Bertz CT molecular complexity index is 413. The molecular weight excluding hydrogens is 296 g/mol. The molecule has 0 fully saturated rings. The lowest BCUT2D eigenvalue weighted by molar-refractivity contribution is 0.0890. The van der Waals surface area contributed by atoms with Crippen LogP contribution in [-0.4, -0.2) is 27.7 Å². The second-order valence-electron chi connectivity index (χ2n) is 5.05. The second-order valence-corrected chi connectivity index (χ2v) is 5.96. The first-order valence-corrected chi connectivity index (χ1v) is 6.98. The van der Waals surface area contributed by atoms with E-state index in [4.69, 9.17) is 5.11 Å². The molecule has 1 aromatic rings. The SMILES string of the molecule is CCCn1cc(Br)cc1C(=O)NC(C)(C)CCO. The van der Waals surface area contributed by atoms with Crippen LogP contribution >= 0.6 is 15.9 Å². The van der Waals surface area contributed by atoms with Crippen LogP contribution in [0, 0.1) is 0 Å². The van der Waals surface area contributed by atoms with E-state index in [-0.39, 0.29) is 12.5 Å². The predicted octanol–water partition coefficient (Wildman–Crippen LogP) is 2.55. The van der Waals surface area contributed by atoms with Gasteiger partial charge in [0.15, 0.2) is 0 Å². The number of rotatable bonds is 6. The van der Waals surface area contributed by atoms with Gasteiger partial charge in [0.2, 0.25) is 0 Å². The van der Waals surface area contributed by atoms with Gasteiger partial charge in [-0.2, -0.15) is 0 Å². The number of aromatic nitrogens is 1. The maximum absolute atomic E-state index is 12.2. The Hall–Kier alpha value is -0.810. The van der Waals surface area contributed by atoms with Crippen LogP contribution in [0.15, 0.2) is 16.7 Å². The van der Waals surface area contributed by atoms with Crippen LogP contribution in [0.4, 0.5) is 0 Å². The molecule has 1 heterocycles. The molecule has 0 aliphatic heterocycles. The molecule has 2 N–H and O–H groups in total. The van der Waals surface area contributed by atoms with Gasteiger partial charge in [-0.15, -0.1) is 0 Å². The van der Waals surface area contributed by atoms with E-state index in [1.165, 1.54) is 0 Å². The van der Waals surface area contributed by atoms with Gasteiger partial charge in [-0.3, -0.25) is 4.79 Å². The van der Waals surface area contributed by atoms with E-state index in [1.807, 2.05) is 30.7 Å². The van der Waals surface area contributed by atoms with Crippen molar-refractivity contribution >= 4 is 21.8 Å². The van der Waals surface area contributed by atoms with E-state index in [0.29, 0.717) is 12.1 Å². The molecule has 0 aromatic carbocycles. The van der Waals surface area contributed by atoms with Crippen molar-refractivity contribution in [2.45, 2.75) is 45.7 Å². The highest BCUT2D eigenvalue weighted by molar-refractivity contribution is 9.10. The highest BCUT2D eigenvalue weighted by Gasteiger charge is 2.22. The molecule has 0 atom stereocenters. The zero-order chi connectivity index (χ0) is 13.8. The van der Waals surface area contributed by atoms with Gasteiger partial charge in [-0.05, 0) is 48.7 Å². The van der Waals surface area contributed by atoms with E-state index in [1.54, 1.807) is 0 Å². The summed E-state index contributed by atoms with van der Waals surface area (Å²) in [5.41, 5.74) is 0.245. The largest absolute Gasteiger partial charge is 0.396 e. The van der Waals surface area contributed by atoms with Crippen molar-refractivity contribution in [2.75, 3.05) is 6.61 Å². The van der Waals surface area contributed by atoms with E-state index in [2.05, 4.69) is 28.2 Å². The van der Waals surface area contributed by atoms with Crippen molar-refractivity contribution in [1.29, 1.82) is 0 Å². The molecule has 1 aromatic heterocycles. The lowest BCUT2D eigenvalue weighted by Crippen LogP contribution is -2.44. The van der Waals surface area contributed by atoms with Crippen molar-refractivity contribution in [2.24, 2.45) is 0 Å². The summed E-state index contributed by atoms with van der Waals surface area (Å²) in [5.74, 6) is -0.104. The molecular formula is C13H21BrN2O2. The van der Waals surface area contributed by atoms with Crippen LogP contribution in [-0.2, 0) is 6.54 Å². The monoisotopic (exact) mass is 316 g/mol. The molecule has 0 saturated carbocycles. The highest BCUT2D eigenvalue weighted by atomic mass is 79.9. The Balaban J connectivity index is 2.83. The van der Waals surface area contributed by atoms with Gasteiger partial charge in [0.25, 0.3) is 5.91 Å². The average molecular weight is 317 g/mol. The normalized spacial score (nSPS) is 11.6. The Kier molecular flexibility index (Phi) is 5.41. The first-order valence-electron chi connectivity index (χ1n) is 6.18. The summed E-state index contributed by atoms with van der Waals surface area (Å²) in [6, 6.07) is 1.82. The molecule has 1 rings (SSSR count). The predicted molar refractivity (Wildman–Crippen MR) is 75.7 cm³/mol. The fourth-order valence-electron chi connectivity index (χ4n) is 1.80. The summed E-state index contributed by atoms with van der Waals surface area (Å²) >= 11 is 3.39. The molecule has 0 unspecified atom stereocenters. The molecule has 18 heavy (non-hydrogen) atoms. The van der Waals surface area contributed by atoms with Gasteiger partial charge in [-0.1, -0.05) is 6.92 Å². The minimum atomic E-state index is -0.403. The molecule has 0 bridgehead atoms. The average Bonchev–Trinajstić information content (AvgIpc) is 2.59. The van der Waals surface area contributed by atoms with Crippen molar-refractivity contribution in [3.63, 3.8) is 0 Å². The Labute approximate surface area is 117 Å². The minimum Gasteiger partial charge on any atom is -0.396 e. The molecule has 0 aliphatic rings. The number of aliphatic hydroxyl groups excluding tert-OH is 1. The number of nitrogens with one attached hydrogen (secondary N) is 1. The molecule has 0 spiro atoms. The first kappa shape index (κ1) is 15.2. The van der Waals surface area contributed by atoms with Gasteiger partial charge < -0.3 is 15.0 Å². The van der Waals surface area contributed by atoms with E-state index < -0.39 is 5.54 Å². The number of carbonyl (C=O) groups is 1. The van der Waals surface area contributed by atoms with Gasteiger partial charge in [0.05, 0.1) is 0 Å². The summed E-state index contributed by atoms with van der Waals surface area (Å²) in [4.78, 5) is 12.2. The standard InChI is InChI=1S/C13H21BrN2O2/c1-4-6-16-9-10(14)8-11(16)12(18)15-13(2,3)5-7-17/h8-9,17H,4-7H2,1-3H3,(H,15,18). The third-order valence-corrected chi connectivity index (χ3v) is 3.18. The summed E-state index contributed by atoms with van der Waals surface area (Å²) in [7, 11) is 0. The minimum absolute atomic E-state index is 0.0624. The molecule has 0 saturated heterocycles. The maximum Gasteiger partial charge on any atom is 0.268 e. The van der Waals surface area contributed by atoms with Crippen molar-refractivity contribution < 1.29 is 9.90 Å². The van der Waals surface area contributed by atoms with Crippen molar-refractivity contribution in [1.82, 2.24) is 9.88 Å². The van der Waals surface area contributed by atoms with Crippen LogP contribution in [0.3, 0.4) is 0 Å². The highest BCUT2D eigenvalue weighted by Crippen LogP contribution is 2.17. The number of aliphatic hydroxyl groups is 1. The van der Waals surface area contributed by atoms with E-state index in [9.17, 15) is 4.79 Å². The van der Waals surface area contributed by atoms with Crippen LogP contribution in [0.25, 0.3) is 0 Å². The van der Waals surface area contributed by atoms with Crippen molar-refractivity contribution in [3.8, 4) is 0 Å². The number of hydrogen-bond donors (Lipinski definition) is 2. The molecule has 102 valence electrons. The lowest BCUT2D eigenvalue weighted by Gasteiger charge is -2.25. The Morgan fingerprint density at radius 2 is 2.22 bits per heavy atom. The first-order chi connectivity index (χ1) is 8.39. The topological polar surface area (TPSA) is 54.3 Å². The summed E-state index contributed by atoms with van der Waals surface area (Å²) in [6.45, 7) is 6.76. The second kappa shape index (κ2) is 6.38. The lowest BCUT2D eigenvalue weighted by atomic mass is 10.0. The maximum atomic E-state index is 12.2. The number of hydrogen-bond acceptors (Lipinski definition) is 2. The van der Waals surface area contributed by atoms with Crippen LogP contribution in [0.1, 0.15) is 44.1 Å². The fraction of sp³-hybridized carbons (Fsp3) is 0.615. The van der Waals surface area contributed by atoms with Gasteiger partial charge in [0.1, 0.15) is 5.69 Å².